The molecule has 0 aliphatic rings. The second-order valence-electron chi connectivity index (χ2n) is 5.42. The number of carbonyl (C=O) groups is 1. The van der Waals surface area contributed by atoms with Gasteiger partial charge in [0.25, 0.3) is 0 Å². The van der Waals surface area contributed by atoms with E-state index in [1.165, 1.54) is 19.2 Å². The van der Waals surface area contributed by atoms with Crippen molar-refractivity contribution >= 4 is 5.97 Å². The number of benzene rings is 2. The van der Waals surface area contributed by atoms with Crippen LogP contribution in [0.2, 0.25) is 0 Å². The first-order valence-corrected chi connectivity index (χ1v) is 7.43. The molecule has 0 unspecified atom stereocenters. The van der Waals surface area contributed by atoms with Crippen molar-refractivity contribution in [2.24, 2.45) is 0 Å². The van der Waals surface area contributed by atoms with E-state index in [4.69, 9.17) is 0 Å². The molecule has 3 aromatic rings. The molecule has 0 N–H and O–H groups in total. The van der Waals surface area contributed by atoms with Crippen molar-refractivity contribution in [1.29, 1.82) is 0 Å². The topological polar surface area (TPSA) is 31.2 Å². The fourth-order valence-electron chi connectivity index (χ4n) is 2.47. The summed E-state index contributed by atoms with van der Waals surface area (Å²) in [5, 5.41) is 0. The smallest absolute Gasteiger partial charge is 0.416 e. The molecule has 0 saturated carbocycles. The minimum atomic E-state index is -4.35. The van der Waals surface area contributed by atoms with Gasteiger partial charge in [-0.15, -0.1) is 0 Å². The SMILES string of the molecule is COC(=O)c1ccc(-c2ccn(-c3ccc(C(F)(F)F)cc3)c2)cc1. The van der Waals surface area contributed by atoms with Crippen LogP contribution in [0.25, 0.3) is 16.8 Å². The maximum absolute atomic E-state index is 12.6. The Morgan fingerprint density at radius 3 is 2.12 bits per heavy atom. The Balaban J connectivity index is 1.84. The number of aromatic nitrogens is 1. The van der Waals surface area contributed by atoms with Crippen LogP contribution in [-0.2, 0) is 10.9 Å². The van der Waals surface area contributed by atoms with E-state index in [0.29, 0.717) is 11.3 Å². The van der Waals surface area contributed by atoms with Crippen molar-refractivity contribution in [3.05, 3.63) is 78.1 Å². The van der Waals surface area contributed by atoms with Crippen molar-refractivity contribution in [3.8, 4) is 16.8 Å². The van der Waals surface area contributed by atoms with Gasteiger partial charge in [0.2, 0.25) is 0 Å². The summed E-state index contributed by atoms with van der Waals surface area (Å²) >= 11 is 0. The number of ether oxygens (including phenoxy) is 1. The van der Waals surface area contributed by atoms with E-state index in [9.17, 15) is 18.0 Å². The van der Waals surface area contributed by atoms with Crippen LogP contribution in [0, 0.1) is 0 Å². The molecular formula is C19H14F3NO2. The summed E-state index contributed by atoms with van der Waals surface area (Å²) < 4.78 is 44.3. The summed E-state index contributed by atoms with van der Waals surface area (Å²) in [5.74, 6) is -0.408. The molecule has 0 aliphatic carbocycles. The molecule has 0 fully saturated rings. The number of carbonyl (C=O) groups excluding carboxylic acids is 1. The third-order valence-corrected chi connectivity index (χ3v) is 3.82. The second-order valence-corrected chi connectivity index (χ2v) is 5.42. The van der Waals surface area contributed by atoms with Crippen LogP contribution >= 0.6 is 0 Å². The Morgan fingerprint density at radius 1 is 0.920 bits per heavy atom. The monoisotopic (exact) mass is 345 g/mol. The summed E-state index contributed by atoms with van der Waals surface area (Å²) in [6.07, 6.45) is -0.760. The van der Waals surface area contributed by atoms with Gasteiger partial charge in [-0.2, -0.15) is 13.2 Å². The average molecular weight is 345 g/mol. The van der Waals surface area contributed by atoms with Crippen LogP contribution in [0.4, 0.5) is 13.2 Å². The molecule has 0 spiro atoms. The largest absolute Gasteiger partial charge is 0.465 e. The van der Waals surface area contributed by atoms with Gasteiger partial charge in [-0.1, -0.05) is 12.1 Å². The van der Waals surface area contributed by atoms with Gasteiger partial charge < -0.3 is 9.30 Å². The highest BCUT2D eigenvalue weighted by atomic mass is 19.4. The van der Waals surface area contributed by atoms with Gasteiger partial charge in [-0.05, 0) is 53.6 Å². The van der Waals surface area contributed by atoms with Gasteiger partial charge in [-0.25, -0.2) is 4.79 Å². The molecule has 128 valence electrons. The number of halogens is 3. The first-order chi connectivity index (χ1) is 11.9. The van der Waals surface area contributed by atoms with Crippen molar-refractivity contribution in [3.63, 3.8) is 0 Å². The Labute approximate surface area is 142 Å². The van der Waals surface area contributed by atoms with Crippen LogP contribution in [0.5, 0.6) is 0 Å². The van der Waals surface area contributed by atoms with Crippen LogP contribution in [0.15, 0.2) is 67.0 Å². The molecule has 3 nitrogen and oxygen atoms in total. The lowest BCUT2D eigenvalue weighted by Gasteiger charge is -2.08. The molecule has 2 aromatic carbocycles. The Kier molecular flexibility index (Phi) is 4.35. The van der Waals surface area contributed by atoms with Gasteiger partial charge in [0.05, 0.1) is 18.2 Å². The van der Waals surface area contributed by atoms with Gasteiger partial charge in [0.1, 0.15) is 0 Å². The quantitative estimate of drug-likeness (QED) is 0.629. The van der Waals surface area contributed by atoms with Crippen LogP contribution < -0.4 is 0 Å². The summed E-state index contributed by atoms with van der Waals surface area (Å²) in [6.45, 7) is 0. The molecule has 25 heavy (non-hydrogen) atoms. The average Bonchev–Trinajstić information content (AvgIpc) is 3.10. The molecule has 0 bridgehead atoms. The third kappa shape index (κ3) is 3.57. The Bertz CT molecular complexity index is 878. The van der Waals surface area contributed by atoms with Gasteiger partial charge >= 0.3 is 12.1 Å². The number of hydrogen-bond donors (Lipinski definition) is 0. The summed E-state index contributed by atoms with van der Waals surface area (Å²) in [5.41, 5.74) is 2.18. The standard InChI is InChI=1S/C19H14F3NO2/c1-25-18(24)14-4-2-13(3-5-14)15-10-11-23(12-15)17-8-6-16(7-9-17)19(20,21)22/h2-12H,1H3. The number of nitrogens with zero attached hydrogens (tertiary/aromatic N) is 1. The van der Waals surface area contributed by atoms with E-state index < -0.39 is 17.7 Å². The number of rotatable bonds is 3. The molecule has 0 radical (unpaired) electrons. The summed E-state index contributed by atoms with van der Waals surface area (Å²) in [7, 11) is 1.32. The van der Waals surface area contributed by atoms with Gasteiger partial charge in [0, 0.05) is 18.1 Å². The molecule has 1 heterocycles. The molecule has 0 amide bonds. The number of hydrogen-bond acceptors (Lipinski definition) is 2. The highest BCUT2D eigenvalue weighted by molar-refractivity contribution is 5.89. The molecule has 1 aromatic heterocycles. The lowest BCUT2D eigenvalue weighted by Crippen LogP contribution is -2.04. The predicted molar refractivity (Wildman–Crippen MR) is 87.5 cm³/mol. The van der Waals surface area contributed by atoms with Crippen LogP contribution in [0.1, 0.15) is 15.9 Å². The maximum atomic E-state index is 12.6. The zero-order chi connectivity index (χ0) is 18.0. The lowest BCUT2D eigenvalue weighted by molar-refractivity contribution is -0.137. The summed E-state index contributed by atoms with van der Waals surface area (Å²) in [4.78, 5) is 11.4. The highest BCUT2D eigenvalue weighted by Crippen LogP contribution is 2.30. The first-order valence-electron chi connectivity index (χ1n) is 7.43. The molecule has 0 saturated heterocycles. The molecule has 6 heteroatoms. The Morgan fingerprint density at radius 2 is 1.56 bits per heavy atom. The Hall–Kier alpha value is -3.02. The van der Waals surface area contributed by atoms with Crippen molar-refractivity contribution in [2.75, 3.05) is 7.11 Å². The normalized spacial score (nSPS) is 11.4. The highest BCUT2D eigenvalue weighted by Gasteiger charge is 2.29. The van der Waals surface area contributed by atoms with Gasteiger partial charge in [-0.3, -0.25) is 0 Å². The van der Waals surface area contributed by atoms with E-state index >= 15 is 0 Å². The van der Waals surface area contributed by atoms with Crippen molar-refractivity contribution in [1.82, 2.24) is 4.57 Å². The maximum Gasteiger partial charge on any atom is 0.416 e. The number of methoxy groups -OCH3 is 1. The van der Waals surface area contributed by atoms with Crippen molar-refractivity contribution in [2.45, 2.75) is 6.18 Å². The van der Waals surface area contributed by atoms with Gasteiger partial charge in [0.15, 0.2) is 0 Å². The van der Waals surface area contributed by atoms with E-state index in [-0.39, 0.29) is 0 Å². The minimum absolute atomic E-state index is 0.408. The number of esters is 1. The van der Waals surface area contributed by atoms with E-state index in [2.05, 4.69) is 4.74 Å². The summed E-state index contributed by atoms with van der Waals surface area (Å²) in [6, 6.07) is 13.7. The first kappa shape index (κ1) is 16.8. The molecule has 0 aliphatic heterocycles. The molecular weight excluding hydrogens is 331 g/mol. The molecule has 0 atom stereocenters. The van der Waals surface area contributed by atoms with E-state index in [1.807, 2.05) is 12.3 Å². The molecule has 3 rings (SSSR count). The van der Waals surface area contributed by atoms with E-state index in [0.717, 1.165) is 23.3 Å². The minimum Gasteiger partial charge on any atom is -0.465 e. The van der Waals surface area contributed by atoms with Crippen LogP contribution in [-0.4, -0.2) is 17.6 Å². The third-order valence-electron chi connectivity index (χ3n) is 3.82. The van der Waals surface area contributed by atoms with E-state index in [1.54, 1.807) is 35.0 Å². The predicted octanol–water partition coefficient (Wildman–Crippen LogP) is 4.95. The lowest BCUT2D eigenvalue weighted by atomic mass is 10.1. The number of alkyl halides is 3. The zero-order valence-corrected chi connectivity index (χ0v) is 13.2. The zero-order valence-electron chi connectivity index (χ0n) is 13.2. The second kappa shape index (κ2) is 6.47. The van der Waals surface area contributed by atoms with Crippen molar-refractivity contribution < 1.29 is 22.7 Å². The fraction of sp³-hybridized carbons (Fsp3) is 0.105. The fourth-order valence-corrected chi connectivity index (χ4v) is 2.47. The van der Waals surface area contributed by atoms with Crippen LogP contribution in [0.3, 0.4) is 0 Å².